The molecule has 5 nitrogen and oxygen atoms in total. The van der Waals surface area contributed by atoms with Crippen molar-refractivity contribution < 1.29 is 19.0 Å². The fourth-order valence-corrected chi connectivity index (χ4v) is 1.68. The molecular weight excluding hydrogens is 319 g/mol. The number of hydrogen-bond donors (Lipinski definition) is 1. The van der Waals surface area contributed by atoms with Gasteiger partial charge in [0, 0.05) is 11.8 Å². The lowest BCUT2D eigenvalue weighted by Crippen LogP contribution is -2.04. The van der Waals surface area contributed by atoms with E-state index in [1.165, 1.54) is 18.2 Å². The predicted octanol–water partition coefficient (Wildman–Crippen LogP) is 3.18. The molecule has 0 atom stereocenters. The van der Waals surface area contributed by atoms with Gasteiger partial charge in [0.1, 0.15) is 11.6 Å². The maximum atomic E-state index is 13.1. The van der Waals surface area contributed by atoms with Crippen molar-refractivity contribution in [2.45, 2.75) is 6.92 Å². The third kappa shape index (κ3) is 3.25. The first-order valence-electron chi connectivity index (χ1n) is 5.17. The van der Waals surface area contributed by atoms with Gasteiger partial charge in [-0.15, -0.1) is 0 Å². The van der Waals surface area contributed by atoms with Crippen molar-refractivity contribution in [1.82, 2.24) is 9.97 Å². The molecule has 0 radical (unpaired) electrons. The molecule has 0 saturated heterocycles. The number of nitrogens with zero attached hydrogens (tertiary/aromatic N) is 2. The molecule has 0 unspecified atom stereocenters. The highest BCUT2D eigenvalue weighted by Gasteiger charge is 2.12. The first-order valence-corrected chi connectivity index (χ1v) is 5.97. The van der Waals surface area contributed by atoms with Gasteiger partial charge in [-0.1, -0.05) is 0 Å². The minimum absolute atomic E-state index is 0.149. The van der Waals surface area contributed by atoms with Crippen molar-refractivity contribution >= 4 is 21.9 Å². The Kier molecular flexibility index (Phi) is 3.75. The smallest absolute Gasteiger partial charge is 0.354 e. The second kappa shape index (κ2) is 5.31. The minimum atomic E-state index is -1.19. The molecule has 1 aromatic heterocycles. The summed E-state index contributed by atoms with van der Waals surface area (Å²) in [6.45, 7) is 1.61. The Morgan fingerprint density at radius 2 is 2.11 bits per heavy atom. The van der Waals surface area contributed by atoms with Crippen LogP contribution in [-0.2, 0) is 0 Å². The molecule has 0 bridgehead atoms. The second-order valence-electron chi connectivity index (χ2n) is 3.66. The number of halogens is 2. The van der Waals surface area contributed by atoms with Gasteiger partial charge in [0.25, 0.3) is 0 Å². The molecule has 19 heavy (non-hydrogen) atoms. The van der Waals surface area contributed by atoms with E-state index in [4.69, 9.17) is 9.84 Å². The summed E-state index contributed by atoms with van der Waals surface area (Å²) >= 11 is 3.19. The van der Waals surface area contributed by atoms with Crippen LogP contribution in [0.4, 0.5) is 4.39 Å². The zero-order chi connectivity index (χ0) is 14.0. The van der Waals surface area contributed by atoms with Crippen LogP contribution in [-0.4, -0.2) is 21.0 Å². The molecule has 98 valence electrons. The number of rotatable bonds is 3. The van der Waals surface area contributed by atoms with E-state index in [9.17, 15) is 9.18 Å². The molecule has 0 aliphatic rings. The molecule has 7 heteroatoms. The fraction of sp³-hybridized carbons (Fsp3) is 0.0833. The summed E-state index contributed by atoms with van der Waals surface area (Å²) in [5.41, 5.74) is 0.255. The molecule has 0 amide bonds. The normalized spacial score (nSPS) is 10.3. The molecule has 0 spiro atoms. The topological polar surface area (TPSA) is 72.3 Å². The molecule has 0 saturated carbocycles. The van der Waals surface area contributed by atoms with Crippen LogP contribution in [0.5, 0.6) is 11.8 Å². The van der Waals surface area contributed by atoms with E-state index in [2.05, 4.69) is 25.9 Å². The van der Waals surface area contributed by atoms with Gasteiger partial charge in [-0.3, -0.25) is 0 Å². The largest absolute Gasteiger partial charge is 0.477 e. The van der Waals surface area contributed by atoms with Gasteiger partial charge < -0.3 is 9.84 Å². The van der Waals surface area contributed by atoms with Crippen LogP contribution < -0.4 is 4.74 Å². The average molecular weight is 327 g/mol. The Hall–Kier alpha value is -2.02. The molecule has 1 aromatic carbocycles. The number of ether oxygens (including phenoxy) is 1. The van der Waals surface area contributed by atoms with Crippen molar-refractivity contribution in [3.8, 4) is 11.8 Å². The summed E-state index contributed by atoms with van der Waals surface area (Å²) in [6.07, 6.45) is 0. The number of aromatic nitrogens is 2. The van der Waals surface area contributed by atoms with Crippen LogP contribution >= 0.6 is 15.9 Å². The first-order chi connectivity index (χ1) is 8.95. The highest BCUT2D eigenvalue weighted by atomic mass is 79.9. The molecule has 1 N–H and O–H groups in total. The summed E-state index contributed by atoms with van der Waals surface area (Å²) in [7, 11) is 0. The first kappa shape index (κ1) is 13.4. The van der Waals surface area contributed by atoms with E-state index in [0.717, 1.165) is 6.07 Å². The van der Waals surface area contributed by atoms with Crippen molar-refractivity contribution in [2.75, 3.05) is 0 Å². The number of aryl methyl sites for hydroxylation is 1. The van der Waals surface area contributed by atoms with Crippen LogP contribution in [0.1, 0.15) is 16.2 Å². The third-order valence-corrected chi connectivity index (χ3v) is 2.80. The molecule has 1 heterocycles. The zero-order valence-electron chi connectivity index (χ0n) is 9.72. The minimum Gasteiger partial charge on any atom is -0.477 e. The van der Waals surface area contributed by atoms with E-state index < -0.39 is 11.8 Å². The van der Waals surface area contributed by atoms with Gasteiger partial charge in [-0.05, 0) is 41.1 Å². The van der Waals surface area contributed by atoms with Crippen molar-refractivity contribution in [3.05, 3.63) is 45.9 Å². The molecule has 2 rings (SSSR count). The van der Waals surface area contributed by atoms with Crippen molar-refractivity contribution in [3.63, 3.8) is 0 Å². The Labute approximate surface area is 116 Å². The summed E-state index contributed by atoms with van der Waals surface area (Å²) < 4.78 is 18.9. The predicted molar refractivity (Wildman–Crippen MR) is 67.9 cm³/mol. The molecule has 0 fully saturated rings. The van der Waals surface area contributed by atoms with Crippen LogP contribution in [0.25, 0.3) is 0 Å². The Bertz CT molecular complexity index is 649. The maximum absolute atomic E-state index is 13.1. The fourth-order valence-electron chi connectivity index (χ4n) is 1.35. The number of benzene rings is 1. The molecule has 0 aliphatic heterocycles. The molecule has 0 aliphatic carbocycles. The van der Waals surface area contributed by atoms with Gasteiger partial charge in [-0.2, -0.15) is 4.98 Å². The number of carbonyl (C=O) groups is 1. The van der Waals surface area contributed by atoms with Crippen LogP contribution in [0, 0.1) is 12.7 Å². The second-order valence-corrected chi connectivity index (χ2v) is 4.51. The highest BCUT2D eigenvalue weighted by Crippen LogP contribution is 2.28. The summed E-state index contributed by atoms with van der Waals surface area (Å²) in [4.78, 5) is 18.5. The Morgan fingerprint density at radius 1 is 1.37 bits per heavy atom. The third-order valence-electron chi connectivity index (χ3n) is 2.15. The van der Waals surface area contributed by atoms with Gasteiger partial charge in [0.05, 0.1) is 4.47 Å². The van der Waals surface area contributed by atoms with Crippen LogP contribution in [0.15, 0.2) is 28.7 Å². The lowest BCUT2D eigenvalue weighted by Gasteiger charge is -2.07. The molecular formula is C12H8BrFN2O3. The highest BCUT2D eigenvalue weighted by molar-refractivity contribution is 9.10. The summed E-state index contributed by atoms with van der Waals surface area (Å²) in [5.74, 6) is -1.50. The van der Waals surface area contributed by atoms with Crippen LogP contribution in [0.2, 0.25) is 0 Å². The average Bonchev–Trinajstić information content (AvgIpc) is 2.33. The van der Waals surface area contributed by atoms with Gasteiger partial charge in [0.2, 0.25) is 0 Å². The van der Waals surface area contributed by atoms with Gasteiger partial charge in [0.15, 0.2) is 5.69 Å². The number of aromatic carboxylic acids is 1. The Morgan fingerprint density at radius 3 is 2.79 bits per heavy atom. The van der Waals surface area contributed by atoms with Crippen LogP contribution in [0.3, 0.4) is 0 Å². The standard InChI is InChI=1S/C12H8BrFN2O3/c1-6-4-9(11(17)18)16-12(15-6)19-10-5-7(14)2-3-8(10)13/h2-5H,1H3,(H,17,18). The maximum Gasteiger partial charge on any atom is 0.354 e. The van der Waals surface area contributed by atoms with Crippen molar-refractivity contribution in [1.29, 1.82) is 0 Å². The van der Waals surface area contributed by atoms with Gasteiger partial charge >= 0.3 is 12.0 Å². The summed E-state index contributed by atoms with van der Waals surface area (Å²) in [5, 5.41) is 8.88. The monoisotopic (exact) mass is 326 g/mol. The lowest BCUT2D eigenvalue weighted by molar-refractivity contribution is 0.0689. The lowest BCUT2D eigenvalue weighted by atomic mass is 10.3. The quantitative estimate of drug-likeness (QED) is 0.937. The van der Waals surface area contributed by atoms with E-state index in [-0.39, 0.29) is 17.5 Å². The number of carboxylic acids is 1. The van der Waals surface area contributed by atoms with E-state index >= 15 is 0 Å². The molecule has 2 aromatic rings. The summed E-state index contributed by atoms with van der Waals surface area (Å²) in [6, 6.07) is 5.05. The van der Waals surface area contributed by atoms with Gasteiger partial charge in [-0.25, -0.2) is 14.2 Å². The SMILES string of the molecule is Cc1cc(C(=O)O)nc(Oc2cc(F)ccc2Br)n1. The Balaban J connectivity index is 2.38. The van der Waals surface area contributed by atoms with E-state index in [1.54, 1.807) is 6.92 Å². The number of carboxylic acid groups (broad SMARTS) is 1. The van der Waals surface area contributed by atoms with E-state index in [1.807, 2.05) is 0 Å². The van der Waals surface area contributed by atoms with Crippen molar-refractivity contribution in [2.24, 2.45) is 0 Å². The van der Waals surface area contributed by atoms with E-state index in [0.29, 0.717) is 10.2 Å². The zero-order valence-corrected chi connectivity index (χ0v) is 11.3. The number of hydrogen-bond acceptors (Lipinski definition) is 4.